The van der Waals surface area contributed by atoms with E-state index < -0.39 is 12.1 Å². The molecule has 2 atom stereocenters. The molecule has 1 saturated heterocycles. The minimum atomic E-state index is -1.14. The van der Waals surface area contributed by atoms with Crippen molar-refractivity contribution in [3.05, 3.63) is 28.8 Å². The highest BCUT2D eigenvalue weighted by Gasteiger charge is 2.31. The molecule has 6 heteroatoms. The Hall–Kier alpha value is -1.59. The quantitative estimate of drug-likeness (QED) is 0.893. The molecule has 1 amide bonds. The summed E-state index contributed by atoms with van der Waals surface area (Å²) in [5.41, 5.74) is 0.191. The number of anilines is 1. The zero-order valence-electron chi connectivity index (χ0n) is 10.4. The highest BCUT2D eigenvalue weighted by Crippen LogP contribution is 2.24. The zero-order chi connectivity index (χ0) is 14.0. The average molecular weight is 284 g/mol. The van der Waals surface area contributed by atoms with Crippen LogP contribution in [0.15, 0.2) is 18.2 Å². The number of benzene rings is 1. The molecule has 2 unspecified atom stereocenters. The first-order valence-electron chi connectivity index (χ1n) is 5.94. The van der Waals surface area contributed by atoms with Crippen LogP contribution < -0.4 is 5.32 Å². The van der Waals surface area contributed by atoms with Crippen LogP contribution >= 0.6 is 11.6 Å². The molecule has 1 aliphatic heterocycles. The standard InChI is InChI=1S/C13H14ClNO4/c1-7-4-5-19-11(7)12(16)15-10-3-2-8(14)6-9(10)13(17)18/h2-3,6-7,11H,4-5H2,1H3,(H,15,16)(H,17,18). The van der Waals surface area contributed by atoms with E-state index in [1.165, 1.54) is 18.2 Å². The molecule has 2 N–H and O–H groups in total. The van der Waals surface area contributed by atoms with E-state index in [9.17, 15) is 9.59 Å². The smallest absolute Gasteiger partial charge is 0.337 e. The second-order valence-electron chi connectivity index (χ2n) is 4.54. The van der Waals surface area contributed by atoms with Crippen molar-refractivity contribution in [3.63, 3.8) is 0 Å². The van der Waals surface area contributed by atoms with E-state index in [4.69, 9.17) is 21.4 Å². The van der Waals surface area contributed by atoms with Crippen LogP contribution in [0.4, 0.5) is 5.69 Å². The lowest BCUT2D eigenvalue weighted by Crippen LogP contribution is -2.31. The topological polar surface area (TPSA) is 75.6 Å². The predicted molar refractivity (Wildman–Crippen MR) is 70.6 cm³/mol. The molecular weight excluding hydrogens is 270 g/mol. The van der Waals surface area contributed by atoms with E-state index in [0.717, 1.165) is 6.42 Å². The Bertz CT molecular complexity index is 517. The zero-order valence-corrected chi connectivity index (χ0v) is 11.1. The van der Waals surface area contributed by atoms with Crippen LogP contribution in [0.1, 0.15) is 23.7 Å². The Labute approximate surface area is 115 Å². The van der Waals surface area contributed by atoms with Gasteiger partial charge in [0, 0.05) is 11.6 Å². The number of hydrogen-bond acceptors (Lipinski definition) is 3. The molecule has 1 aromatic rings. The summed E-state index contributed by atoms with van der Waals surface area (Å²) in [6.07, 6.45) is 0.294. The van der Waals surface area contributed by atoms with Gasteiger partial charge in [0.1, 0.15) is 6.10 Å². The first-order valence-corrected chi connectivity index (χ1v) is 6.32. The molecule has 102 valence electrons. The van der Waals surface area contributed by atoms with Gasteiger partial charge in [-0.3, -0.25) is 4.79 Å². The van der Waals surface area contributed by atoms with Gasteiger partial charge in [0.25, 0.3) is 5.91 Å². The van der Waals surface area contributed by atoms with E-state index in [-0.39, 0.29) is 23.1 Å². The lowest BCUT2D eigenvalue weighted by molar-refractivity contribution is -0.126. The lowest BCUT2D eigenvalue weighted by Gasteiger charge is -2.15. The Balaban J connectivity index is 2.19. The van der Waals surface area contributed by atoms with Crippen LogP contribution in [0.2, 0.25) is 5.02 Å². The van der Waals surface area contributed by atoms with Crippen molar-refractivity contribution in [3.8, 4) is 0 Å². The Morgan fingerprint density at radius 2 is 2.21 bits per heavy atom. The molecule has 2 rings (SSSR count). The number of carboxylic acids is 1. The largest absolute Gasteiger partial charge is 0.478 e. The number of rotatable bonds is 3. The first kappa shape index (κ1) is 13.8. The van der Waals surface area contributed by atoms with Crippen molar-refractivity contribution >= 4 is 29.2 Å². The number of ether oxygens (including phenoxy) is 1. The maximum atomic E-state index is 12.0. The van der Waals surface area contributed by atoms with Crippen LogP contribution in [-0.2, 0) is 9.53 Å². The first-order chi connectivity index (χ1) is 8.99. The van der Waals surface area contributed by atoms with Gasteiger partial charge in [-0.15, -0.1) is 0 Å². The molecule has 1 aliphatic rings. The van der Waals surface area contributed by atoms with Gasteiger partial charge in [-0.1, -0.05) is 18.5 Å². The van der Waals surface area contributed by atoms with E-state index in [0.29, 0.717) is 11.6 Å². The number of hydrogen-bond donors (Lipinski definition) is 2. The van der Waals surface area contributed by atoms with Crippen LogP contribution in [0.5, 0.6) is 0 Å². The maximum Gasteiger partial charge on any atom is 0.337 e. The average Bonchev–Trinajstić information content (AvgIpc) is 2.77. The highest BCUT2D eigenvalue weighted by molar-refractivity contribution is 6.31. The summed E-state index contributed by atoms with van der Waals surface area (Å²) in [4.78, 5) is 23.1. The third kappa shape index (κ3) is 3.05. The summed E-state index contributed by atoms with van der Waals surface area (Å²) in [5.74, 6) is -1.34. The van der Waals surface area contributed by atoms with Crippen molar-refractivity contribution in [2.45, 2.75) is 19.4 Å². The number of carbonyl (C=O) groups excluding carboxylic acids is 1. The van der Waals surface area contributed by atoms with E-state index in [1.807, 2.05) is 6.92 Å². The van der Waals surface area contributed by atoms with Gasteiger partial charge in [-0.2, -0.15) is 0 Å². The summed E-state index contributed by atoms with van der Waals surface area (Å²) >= 11 is 5.75. The molecule has 1 aromatic carbocycles. The molecule has 0 saturated carbocycles. The van der Waals surface area contributed by atoms with Crippen molar-refractivity contribution in [2.24, 2.45) is 5.92 Å². The summed E-state index contributed by atoms with van der Waals surface area (Å²) in [6.45, 7) is 2.48. The Morgan fingerprint density at radius 1 is 1.47 bits per heavy atom. The fourth-order valence-electron chi connectivity index (χ4n) is 2.04. The molecule has 0 aromatic heterocycles. The van der Waals surface area contributed by atoms with Crippen molar-refractivity contribution in [1.82, 2.24) is 0 Å². The van der Waals surface area contributed by atoms with Crippen molar-refractivity contribution < 1.29 is 19.4 Å². The third-order valence-corrected chi connectivity index (χ3v) is 3.35. The second-order valence-corrected chi connectivity index (χ2v) is 4.98. The summed E-state index contributed by atoms with van der Waals surface area (Å²) in [6, 6.07) is 4.31. The molecule has 0 aliphatic carbocycles. The molecule has 1 heterocycles. The van der Waals surface area contributed by atoms with Crippen molar-refractivity contribution in [2.75, 3.05) is 11.9 Å². The highest BCUT2D eigenvalue weighted by atomic mass is 35.5. The van der Waals surface area contributed by atoms with Crippen LogP contribution in [0.25, 0.3) is 0 Å². The van der Waals surface area contributed by atoms with E-state index in [2.05, 4.69) is 5.32 Å². The molecule has 0 bridgehead atoms. The molecule has 0 radical (unpaired) electrons. The van der Waals surface area contributed by atoms with Gasteiger partial charge >= 0.3 is 5.97 Å². The van der Waals surface area contributed by atoms with Crippen molar-refractivity contribution in [1.29, 1.82) is 0 Å². The molecule has 19 heavy (non-hydrogen) atoms. The summed E-state index contributed by atoms with van der Waals surface area (Å²) < 4.78 is 5.34. The third-order valence-electron chi connectivity index (χ3n) is 3.12. The number of carboxylic acid groups (broad SMARTS) is 1. The number of aromatic carboxylic acids is 1. The molecular formula is C13H14ClNO4. The number of nitrogens with one attached hydrogen (secondary N) is 1. The lowest BCUT2D eigenvalue weighted by atomic mass is 10.0. The molecule has 5 nitrogen and oxygen atoms in total. The molecule has 0 spiro atoms. The fraction of sp³-hybridized carbons (Fsp3) is 0.385. The summed E-state index contributed by atoms with van der Waals surface area (Å²) in [7, 11) is 0. The Kier molecular flexibility index (Phi) is 4.07. The number of carbonyl (C=O) groups is 2. The van der Waals surface area contributed by atoms with Gasteiger partial charge in [-0.05, 0) is 30.5 Å². The minimum absolute atomic E-state index is 0.0356. The van der Waals surface area contributed by atoms with Gasteiger partial charge in [0.05, 0.1) is 11.3 Å². The normalized spacial score (nSPS) is 22.2. The predicted octanol–water partition coefficient (Wildman–Crippen LogP) is 2.40. The second kappa shape index (κ2) is 5.59. The number of amides is 1. The van der Waals surface area contributed by atoms with Crippen LogP contribution in [0.3, 0.4) is 0 Å². The SMILES string of the molecule is CC1CCOC1C(=O)Nc1ccc(Cl)cc1C(=O)O. The van der Waals surface area contributed by atoms with Crippen LogP contribution in [0, 0.1) is 5.92 Å². The molecule has 1 fully saturated rings. The van der Waals surface area contributed by atoms with Gasteiger partial charge in [-0.25, -0.2) is 4.79 Å². The number of halogens is 1. The van der Waals surface area contributed by atoms with E-state index >= 15 is 0 Å². The van der Waals surface area contributed by atoms with E-state index in [1.54, 1.807) is 0 Å². The monoisotopic (exact) mass is 283 g/mol. The Morgan fingerprint density at radius 3 is 2.79 bits per heavy atom. The minimum Gasteiger partial charge on any atom is -0.478 e. The fourth-order valence-corrected chi connectivity index (χ4v) is 2.21. The summed E-state index contributed by atoms with van der Waals surface area (Å²) in [5, 5.41) is 12.0. The van der Waals surface area contributed by atoms with Gasteiger partial charge in [0.15, 0.2) is 0 Å². The van der Waals surface area contributed by atoms with Crippen LogP contribution in [-0.4, -0.2) is 29.7 Å². The van der Waals surface area contributed by atoms with Gasteiger partial charge in [0.2, 0.25) is 0 Å². The maximum absolute atomic E-state index is 12.0. The van der Waals surface area contributed by atoms with Gasteiger partial charge < -0.3 is 15.2 Å².